The lowest BCUT2D eigenvalue weighted by Crippen LogP contribution is -2.39. The van der Waals surface area contributed by atoms with Crippen molar-refractivity contribution in [2.45, 2.75) is 49.8 Å². The van der Waals surface area contributed by atoms with Gasteiger partial charge in [0, 0.05) is 25.0 Å². The maximum Gasteiger partial charge on any atom is 0.325 e. The molecule has 168 valence electrons. The zero-order chi connectivity index (χ0) is 23.2. The molecule has 1 aromatic carbocycles. The van der Waals surface area contributed by atoms with E-state index in [1.54, 1.807) is 32.9 Å². The average Bonchev–Trinajstić information content (AvgIpc) is 2.71. The number of benzene rings is 1. The number of amides is 3. The van der Waals surface area contributed by atoms with Crippen LogP contribution >= 0.6 is 11.8 Å². The normalized spacial score (nSPS) is 12.5. The average molecular weight is 465 g/mol. The topological polar surface area (TPSA) is 108 Å². The van der Waals surface area contributed by atoms with Gasteiger partial charge in [-0.1, -0.05) is 43.3 Å². The summed E-state index contributed by atoms with van der Waals surface area (Å²) < 4.78 is 26.4. The highest BCUT2D eigenvalue weighted by Crippen LogP contribution is 2.23. The minimum absolute atomic E-state index is 0.102. The summed E-state index contributed by atoms with van der Waals surface area (Å²) in [7, 11) is -3.59. The Kier molecular flexibility index (Phi) is 8.60. The van der Waals surface area contributed by atoms with Crippen LogP contribution in [0.15, 0.2) is 46.5 Å². The maximum absolute atomic E-state index is 12.5. The molecule has 2 N–H and O–H groups in total. The number of nitrogens with zero attached hydrogens (tertiary/aromatic N) is 2. The minimum Gasteiger partial charge on any atom is -0.307 e. The van der Waals surface area contributed by atoms with E-state index in [0.717, 1.165) is 22.9 Å². The first-order valence-corrected chi connectivity index (χ1v) is 12.2. The quantitative estimate of drug-likeness (QED) is 0.578. The smallest absolute Gasteiger partial charge is 0.307 e. The molecule has 1 atom stereocenters. The molecule has 8 nitrogen and oxygen atoms in total. The van der Waals surface area contributed by atoms with E-state index in [-0.39, 0.29) is 4.90 Å². The van der Waals surface area contributed by atoms with Crippen molar-refractivity contribution in [3.8, 4) is 0 Å². The van der Waals surface area contributed by atoms with E-state index >= 15 is 0 Å². The van der Waals surface area contributed by atoms with Crippen molar-refractivity contribution in [3.63, 3.8) is 0 Å². The van der Waals surface area contributed by atoms with Gasteiger partial charge in [-0.3, -0.25) is 10.1 Å². The number of sulfonamides is 1. The number of urea groups is 1. The second-order valence-corrected chi connectivity index (χ2v) is 10.2. The minimum atomic E-state index is -3.59. The van der Waals surface area contributed by atoms with Gasteiger partial charge in [0.15, 0.2) is 0 Å². The highest BCUT2D eigenvalue weighted by Gasteiger charge is 2.23. The van der Waals surface area contributed by atoms with Crippen LogP contribution in [-0.2, 0) is 14.8 Å². The van der Waals surface area contributed by atoms with Gasteiger partial charge in [0.05, 0.1) is 10.3 Å². The SMILES string of the molecule is CCN(CC)S(=O)(=O)c1ccc(SC(C)C(=O)NC(=O)Nc2ccc(C)cc2C)nc1. The maximum atomic E-state index is 12.5. The summed E-state index contributed by atoms with van der Waals surface area (Å²) in [4.78, 5) is 28.8. The molecule has 0 aliphatic heterocycles. The first-order valence-electron chi connectivity index (χ1n) is 9.90. The number of rotatable bonds is 8. The van der Waals surface area contributed by atoms with E-state index in [9.17, 15) is 18.0 Å². The van der Waals surface area contributed by atoms with Crippen LogP contribution in [0.25, 0.3) is 0 Å². The second-order valence-electron chi connectivity index (χ2n) is 6.94. The third-order valence-electron chi connectivity index (χ3n) is 4.59. The lowest BCUT2D eigenvalue weighted by molar-refractivity contribution is -0.119. The van der Waals surface area contributed by atoms with E-state index in [2.05, 4.69) is 15.6 Å². The Morgan fingerprint density at radius 2 is 1.81 bits per heavy atom. The molecule has 10 heteroatoms. The number of pyridine rings is 1. The fourth-order valence-electron chi connectivity index (χ4n) is 2.86. The third-order valence-corrected chi connectivity index (χ3v) is 7.67. The molecule has 0 spiro atoms. The van der Waals surface area contributed by atoms with Crippen molar-refractivity contribution in [1.29, 1.82) is 0 Å². The van der Waals surface area contributed by atoms with Crippen LogP contribution in [0.3, 0.4) is 0 Å². The van der Waals surface area contributed by atoms with Gasteiger partial charge >= 0.3 is 6.03 Å². The van der Waals surface area contributed by atoms with Crippen molar-refractivity contribution in [2.24, 2.45) is 0 Å². The lowest BCUT2D eigenvalue weighted by atomic mass is 10.1. The number of aromatic nitrogens is 1. The first-order chi connectivity index (χ1) is 14.6. The molecule has 0 bridgehead atoms. The molecular formula is C21H28N4O4S2. The Morgan fingerprint density at radius 1 is 1.13 bits per heavy atom. The Balaban J connectivity index is 1.97. The predicted molar refractivity (Wildman–Crippen MR) is 123 cm³/mol. The van der Waals surface area contributed by atoms with Crippen molar-refractivity contribution >= 4 is 39.4 Å². The molecule has 31 heavy (non-hydrogen) atoms. The summed E-state index contributed by atoms with van der Waals surface area (Å²) in [6, 6.07) is 8.01. The zero-order valence-electron chi connectivity index (χ0n) is 18.3. The van der Waals surface area contributed by atoms with Crippen LogP contribution in [0.1, 0.15) is 31.9 Å². The molecule has 1 aromatic heterocycles. The highest BCUT2D eigenvalue weighted by molar-refractivity contribution is 8.00. The third kappa shape index (κ3) is 6.52. The number of anilines is 1. The van der Waals surface area contributed by atoms with Crippen LogP contribution < -0.4 is 10.6 Å². The molecule has 0 saturated carbocycles. The van der Waals surface area contributed by atoms with E-state index in [1.165, 1.54) is 16.6 Å². The molecule has 0 saturated heterocycles. The van der Waals surface area contributed by atoms with Gasteiger partial charge in [-0.25, -0.2) is 18.2 Å². The van der Waals surface area contributed by atoms with Gasteiger partial charge in [-0.05, 0) is 44.5 Å². The standard InChI is InChI=1S/C21H28N4O4S2/c1-6-25(7-2)31(28,29)17-9-11-19(22-13-17)30-16(5)20(26)24-21(27)23-18-10-8-14(3)12-15(18)4/h8-13,16H,6-7H2,1-5H3,(H2,23,24,26,27). The van der Waals surface area contributed by atoms with Crippen LogP contribution in [0.2, 0.25) is 0 Å². The molecule has 0 aliphatic rings. The number of carbonyl (C=O) groups excluding carboxylic acids is 2. The molecule has 0 aliphatic carbocycles. The predicted octanol–water partition coefficient (Wildman–Crippen LogP) is 3.56. The van der Waals surface area contributed by atoms with E-state index in [0.29, 0.717) is 23.8 Å². The van der Waals surface area contributed by atoms with Gasteiger partial charge in [0.2, 0.25) is 15.9 Å². The van der Waals surface area contributed by atoms with Gasteiger partial charge in [-0.15, -0.1) is 0 Å². The summed E-state index contributed by atoms with van der Waals surface area (Å²) in [6.07, 6.45) is 1.29. The number of carbonyl (C=O) groups is 2. The molecule has 2 rings (SSSR count). The molecule has 2 aromatic rings. The number of imide groups is 1. The van der Waals surface area contributed by atoms with Crippen molar-refractivity contribution in [1.82, 2.24) is 14.6 Å². The molecule has 0 radical (unpaired) electrons. The van der Waals surface area contributed by atoms with Gasteiger partial charge in [-0.2, -0.15) is 4.31 Å². The molecular weight excluding hydrogens is 436 g/mol. The Hall–Kier alpha value is -2.43. The number of hydrogen-bond acceptors (Lipinski definition) is 6. The number of thioether (sulfide) groups is 1. The van der Waals surface area contributed by atoms with Gasteiger partial charge in [0.25, 0.3) is 0 Å². The largest absolute Gasteiger partial charge is 0.325 e. The fourth-order valence-corrected chi connectivity index (χ4v) is 5.05. The van der Waals surface area contributed by atoms with E-state index in [4.69, 9.17) is 0 Å². The molecule has 0 fully saturated rings. The summed E-state index contributed by atoms with van der Waals surface area (Å²) in [5, 5.41) is 4.86. The number of hydrogen-bond donors (Lipinski definition) is 2. The monoisotopic (exact) mass is 464 g/mol. The van der Waals surface area contributed by atoms with Crippen LogP contribution in [0, 0.1) is 13.8 Å². The molecule has 1 unspecified atom stereocenters. The van der Waals surface area contributed by atoms with E-state index in [1.807, 2.05) is 26.0 Å². The molecule has 1 heterocycles. The lowest BCUT2D eigenvalue weighted by Gasteiger charge is -2.18. The Bertz CT molecular complexity index is 1040. The van der Waals surface area contributed by atoms with Crippen molar-refractivity contribution < 1.29 is 18.0 Å². The number of aryl methyl sites for hydroxylation is 2. The molecule has 3 amide bonds. The number of nitrogens with one attached hydrogen (secondary N) is 2. The van der Waals surface area contributed by atoms with Crippen molar-refractivity contribution in [2.75, 3.05) is 18.4 Å². The van der Waals surface area contributed by atoms with Gasteiger partial charge < -0.3 is 5.32 Å². The summed E-state index contributed by atoms with van der Waals surface area (Å²) in [6.45, 7) is 9.77. The summed E-state index contributed by atoms with van der Waals surface area (Å²) in [5.41, 5.74) is 2.60. The summed E-state index contributed by atoms with van der Waals surface area (Å²) >= 11 is 1.13. The van der Waals surface area contributed by atoms with Crippen LogP contribution in [-0.4, -0.2) is 48.0 Å². The Labute approximate surface area is 187 Å². The van der Waals surface area contributed by atoms with Crippen LogP contribution in [0.5, 0.6) is 0 Å². The highest BCUT2D eigenvalue weighted by atomic mass is 32.2. The van der Waals surface area contributed by atoms with Crippen molar-refractivity contribution in [3.05, 3.63) is 47.7 Å². The Morgan fingerprint density at radius 3 is 2.35 bits per heavy atom. The zero-order valence-corrected chi connectivity index (χ0v) is 19.9. The first kappa shape index (κ1) is 24.8. The summed E-state index contributed by atoms with van der Waals surface area (Å²) in [5.74, 6) is -0.478. The fraction of sp³-hybridized carbons (Fsp3) is 0.381. The van der Waals surface area contributed by atoms with Crippen LogP contribution in [0.4, 0.5) is 10.5 Å². The second kappa shape index (κ2) is 10.7. The van der Waals surface area contributed by atoms with E-state index < -0.39 is 27.2 Å². The van der Waals surface area contributed by atoms with Gasteiger partial charge in [0.1, 0.15) is 4.90 Å².